The molecule has 0 aliphatic heterocycles. The molecule has 2 amide bonds. The molecule has 0 saturated heterocycles. The van der Waals surface area contributed by atoms with E-state index in [9.17, 15) is 9.59 Å². The molecule has 4 rings (SSSR count). The predicted octanol–water partition coefficient (Wildman–Crippen LogP) is 3.02. The van der Waals surface area contributed by atoms with Gasteiger partial charge in [0.15, 0.2) is 0 Å². The van der Waals surface area contributed by atoms with Gasteiger partial charge in [0.1, 0.15) is 0 Å². The molecule has 1 aliphatic carbocycles. The van der Waals surface area contributed by atoms with Crippen molar-refractivity contribution < 1.29 is 14.1 Å². The zero-order chi connectivity index (χ0) is 21.5. The number of nitrogens with one attached hydrogen (secondary N) is 2. The summed E-state index contributed by atoms with van der Waals surface area (Å²) in [5, 5.41) is 14.2. The highest BCUT2D eigenvalue weighted by Gasteiger charge is 2.48. The Morgan fingerprint density at radius 3 is 2.80 bits per heavy atom. The van der Waals surface area contributed by atoms with Crippen molar-refractivity contribution in [1.82, 2.24) is 25.4 Å². The lowest BCUT2D eigenvalue weighted by molar-refractivity contribution is 0.0148. The van der Waals surface area contributed by atoms with Crippen molar-refractivity contribution in [2.45, 2.75) is 46.1 Å². The molecule has 0 bridgehead atoms. The summed E-state index contributed by atoms with van der Waals surface area (Å²) in [7, 11) is 0. The molecule has 2 atom stereocenters. The first-order valence-electron chi connectivity index (χ1n) is 10.3. The SMILES string of the molecule is CC(C)c1cc(C(=O)NCC2CC(NC(=O)c3cccn4nccc34)C2(C)C)on1. The zero-order valence-electron chi connectivity index (χ0n) is 17.7. The van der Waals surface area contributed by atoms with Crippen molar-refractivity contribution in [2.24, 2.45) is 11.3 Å². The summed E-state index contributed by atoms with van der Waals surface area (Å²) in [6.07, 6.45) is 4.29. The average Bonchev–Trinajstić information content (AvgIpc) is 3.39. The van der Waals surface area contributed by atoms with Crippen LogP contribution in [0.2, 0.25) is 0 Å². The summed E-state index contributed by atoms with van der Waals surface area (Å²) in [6, 6.07) is 7.17. The number of rotatable bonds is 6. The minimum absolute atomic E-state index is 0.0351. The number of nitrogens with zero attached hydrogens (tertiary/aromatic N) is 3. The Kier molecular flexibility index (Phi) is 5.09. The highest BCUT2D eigenvalue weighted by Crippen LogP contribution is 2.46. The summed E-state index contributed by atoms with van der Waals surface area (Å²) < 4.78 is 6.84. The number of carbonyl (C=O) groups excluding carboxylic acids is 2. The molecular formula is C22H27N5O3. The first kappa shape index (κ1) is 20.1. The van der Waals surface area contributed by atoms with E-state index >= 15 is 0 Å². The minimum atomic E-state index is -0.259. The van der Waals surface area contributed by atoms with E-state index in [-0.39, 0.29) is 40.9 Å². The van der Waals surface area contributed by atoms with Crippen molar-refractivity contribution in [1.29, 1.82) is 0 Å². The van der Waals surface area contributed by atoms with Gasteiger partial charge in [-0.25, -0.2) is 4.52 Å². The van der Waals surface area contributed by atoms with Crippen LogP contribution in [0.1, 0.15) is 66.6 Å². The van der Waals surface area contributed by atoms with Crippen LogP contribution >= 0.6 is 0 Å². The zero-order valence-corrected chi connectivity index (χ0v) is 17.7. The molecule has 3 heterocycles. The summed E-state index contributed by atoms with van der Waals surface area (Å²) in [5.41, 5.74) is 2.01. The van der Waals surface area contributed by atoms with Crippen molar-refractivity contribution in [3.05, 3.63) is 53.7 Å². The van der Waals surface area contributed by atoms with E-state index < -0.39 is 0 Å². The summed E-state index contributed by atoms with van der Waals surface area (Å²) in [5.74, 6) is 0.327. The van der Waals surface area contributed by atoms with E-state index in [2.05, 4.69) is 34.7 Å². The van der Waals surface area contributed by atoms with E-state index in [1.54, 1.807) is 22.8 Å². The monoisotopic (exact) mass is 409 g/mol. The van der Waals surface area contributed by atoms with E-state index in [0.29, 0.717) is 12.1 Å². The van der Waals surface area contributed by atoms with Crippen molar-refractivity contribution >= 4 is 17.3 Å². The predicted molar refractivity (Wildman–Crippen MR) is 111 cm³/mol. The van der Waals surface area contributed by atoms with Crippen LogP contribution < -0.4 is 10.6 Å². The first-order valence-corrected chi connectivity index (χ1v) is 10.3. The van der Waals surface area contributed by atoms with Gasteiger partial charge in [-0.1, -0.05) is 32.9 Å². The Labute approximate surface area is 175 Å². The smallest absolute Gasteiger partial charge is 0.289 e. The van der Waals surface area contributed by atoms with Gasteiger partial charge in [-0.15, -0.1) is 0 Å². The molecule has 1 fully saturated rings. The van der Waals surface area contributed by atoms with Gasteiger partial charge in [0.25, 0.3) is 11.8 Å². The number of amides is 2. The molecule has 3 aromatic rings. The molecule has 30 heavy (non-hydrogen) atoms. The fraction of sp³-hybridized carbons (Fsp3) is 0.455. The Morgan fingerprint density at radius 1 is 1.30 bits per heavy atom. The standard InChI is InChI=1S/C22H27N5O3/c1-13(2)16-11-18(30-26-16)21(29)23-12-14-10-19(22(14,3)4)25-20(28)15-6-5-9-27-17(15)7-8-24-27/h5-9,11,13-14,19H,10,12H2,1-4H3,(H,23,29)(H,25,28). The second-order valence-corrected chi connectivity index (χ2v) is 8.84. The van der Waals surface area contributed by atoms with Gasteiger partial charge in [-0.3, -0.25) is 9.59 Å². The maximum atomic E-state index is 12.8. The molecule has 0 aromatic carbocycles. The molecule has 8 heteroatoms. The summed E-state index contributed by atoms with van der Waals surface area (Å²) in [6.45, 7) is 8.75. The lowest BCUT2D eigenvalue weighted by Gasteiger charge is -2.52. The van der Waals surface area contributed by atoms with Gasteiger partial charge in [0.05, 0.1) is 23.0 Å². The highest BCUT2D eigenvalue weighted by molar-refractivity contribution is 6.00. The number of aromatic nitrogens is 3. The van der Waals surface area contributed by atoms with E-state index in [0.717, 1.165) is 17.6 Å². The van der Waals surface area contributed by atoms with Crippen LogP contribution in [-0.4, -0.2) is 39.2 Å². The first-order chi connectivity index (χ1) is 14.3. The van der Waals surface area contributed by atoms with Gasteiger partial charge in [0, 0.05) is 24.8 Å². The Bertz CT molecular complexity index is 1080. The number of pyridine rings is 1. The number of hydrogen-bond donors (Lipinski definition) is 2. The van der Waals surface area contributed by atoms with E-state index in [4.69, 9.17) is 4.52 Å². The van der Waals surface area contributed by atoms with Gasteiger partial charge < -0.3 is 15.2 Å². The summed E-state index contributed by atoms with van der Waals surface area (Å²) >= 11 is 0. The fourth-order valence-electron chi connectivity index (χ4n) is 3.96. The van der Waals surface area contributed by atoms with E-state index in [1.807, 2.05) is 32.2 Å². The lowest BCUT2D eigenvalue weighted by Crippen LogP contribution is -2.60. The molecule has 1 aliphatic rings. The third kappa shape index (κ3) is 3.58. The molecule has 0 radical (unpaired) electrons. The van der Waals surface area contributed by atoms with Gasteiger partial charge >= 0.3 is 0 Å². The fourth-order valence-corrected chi connectivity index (χ4v) is 3.96. The molecule has 3 aromatic heterocycles. The van der Waals surface area contributed by atoms with Crippen LogP contribution in [0.3, 0.4) is 0 Å². The third-order valence-corrected chi connectivity index (χ3v) is 6.31. The van der Waals surface area contributed by atoms with Crippen LogP contribution in [0.15, 0.2) is 41.2 Å². The van der Waals surface area contributed by atoms with Crippen LogP contribution in [0.5, 0.6) is 0 Å². The minimum Gasteiger partial charge on any atom is -0.351 e. The maximum absolute atomic E-state index is 12.8. The van der Waals surface area contributed by atoms with Crippen molar-refractivity contribution in [2.75, 3.05) is 6.54 Å². The Balaban J connectivity index is 1.34. The largest absolute Gasteiger partial charge is 0.351 e. The average molecular weight is 409 g/mol. The number of hydrogen-bond acceptors (Lipinski definition) is 5. The van der Waals surface area contributed by atoms with Crippen LogP contribution in [0, 0.1) is 11.3 Å². The normalized spacial score (nSPS) is 20.2. The topological polar surface area (TPSA) is 102 Å². The van der Waals surface area contributed by atoms with Crippen molar-refractivity contribution in [3.8, 4) is 0 Å². The Morgan fingerprint density at radius 2 is 2.10 bits per heavy atom. The quantitative estimate of drug-likeness (QED) is 0.652. The highest BCUT2D eigenvalue weighted by atomic mass is 16.5. The molecule has 2 unspecified atom stereocenters. The number of fused-ring (bicyclic) bond motifs is 1. The Hall–Kier alpha value is -3.16. The lowest BCUT2D eigenvalue weighted by atomic mass is 9.58. The second-order valence-electron chi connectivity index (χ2n) is 8.84. The van der Waals surface area contributed by atoms with E-state index in [1.165, 1.54) is 0 Å². The summed E-state index contributed by atoms with van der Waals surface area (Å²) in [4.78, 5) is 25.2. The van der Waals surface area contributed by atoms with Gasteiger partial charge in [0.2, 0.25) is 5.76 Å². The van der Waals surface area contributed by atoms with Crippen LogP contribution in [-0.2, 0) is 0 Å². The second kappa shape index (κ2) is 7.59. The molecule has 8 nitrogen and oxygen atoms in total. The molecule has 158 valence electrons. The molecule has 2 N–H and O–H groups in total. The maximum Gasteiger partial charge on any atom is 0.289 e. The van der Waals surface area contributed by atoms with Gasteiger partial charge in [-0.2, -0.15) is 5.10 Å². The molecule has 0 spiro atoms. The molecule has 1 saturated carbocycles. The van der Waals surface area contributed by atoms with Crippen LogP contribution in [0.4, 0.5) is 0 Å². The van der Waals surface area contributed by atoms with Crippen LogP contribution in [0.25, 0.3) is 5.52 Å². The third-order valence-electron chi connectivity index (χ3n) is 6.31. The number of carbonyl (C=O) groups is 2. The van der Waals surface area contributed by atoms with Gasteiger partial charge in [-0.05, 0) is 41.9 Å². The molecular weight excluding hydrogens is 382 g/mol. The van der Waals surface area contributed by atoms with Crippen molar-refractivity contribution in [3.63, 3.8) is 0 Å².